The fourth-order valence-corrected chi connectivity index (χ4v) is 2.38. The number of benzene rings is 1. The number of fused-ring (bicyclic) bond motifs is 1. The molecule has 4 nitrogen and oxygen atoms in total. The molecular weight excluding hydrogens is 242 g/mol. The van der Waals surface area contributed by atoms with E-state index in [9.17, 15) is 5.11 Å². The van der Waals surface area contributed by atoms with Crippen LogP contribution in [0.15, 0.2) is 36.5 Å². The van der Waals surface area contributed by atoms with Gasteiger partial charge in [0.05, 0.1) is 11.6 Å². The zero-order chi connectivity index (χ0) is 13.2. The van der Waals surface area contributed by atoms with E-state index in [-0.39, 0.29) is 12.2 Å². The molecule has 0 spiro atoms. The molecule has 0 amide bonds. The Morgan fingerprint density at radius 1 is 1.37 bits per heavy atom. The standard InChI is InChI=1S/C15H17NO3/c1-2-18-15-13(17)9-14(15)19-11-6-5-10-4-3-7-16-12(10)8-11/h3-8,13-15,17H,2,9H2,1H3. The molecule has 0 radical (unpaired) electrons. The molecule has 4 heteroatoms. The van der Waals surface area contributed by atoms with Gasteiger partial charge in [0.15, 0.2) is 0 Å². The van der Waals surface area contributed by atoms with Crippen molar-refractivity contribution in [2.24, 2.45) is 0 Å². The monoisotopic (exact) mass is 259 g/mol. The number of nitrogens with zero attached hydrogens (tertiary/aromatic N) is 1. The Bertz CT molecular complexity index is 572. The number of ether oxygens (including phenoxy) is 2. The Labute approximate surface area is 112 Å². The molecule has 1 fully saturated rings. The molecule has 3 atom stereocenters. The topological polar surface area (TPSA) is 51.6 Å². The zero-order valence-electron chi connectivity index (χ0n) is 10.8. The fourth-order valence-electron chi connectivity index (χ4n) is 2.38. The zero-order valence-corrected chi connectivity index (χ0v) is 10.8. The summed E-state index contributed by atoms with van der Waals surface area (Å²) in [4.78, 5) is 4.30. The van der Waals surface area contributed by atoms with Crippen LogP contribution in [0, 0.1) is 0 Å². The lowest BCUT2D eigenvalue weighted by atomic mass is 9.88. The minimum atomic E-state index is -0.413. The molecule has 1 heterocycles. The third-order valence-electron chi connectivity index (χ3n) is 3.44. The first-order valence-electron chi connectivity index (χ1n) is 6.59. The number of aliphatic hydroxyl groups excluding tert-OH is 1. The molecule has 1 aliphatic rings. The van der Waals surface area contributed by atoms with Crippen molar-refractivity contribution in [1.29, 1.82) is 0 Å². The van der Waals surface area contributed by atoms with Crippen LogP contribution in [-0.2, 0) is 4.74 Å². The van der Waals surface area contributed by atoms with E-state index in [0.29, 0.717) is 13.0 Å². The third kappa shape index (κ3) is 2.41. The van der Waals surface area contributed by atoms with Crippen LogP contribution in [0.2, 0.25) is 0 Å². The van der Waals surface area contributed by atoms with Crippen molar-refractivity contribution in [2.75, 3.05) is 6.61 Å². The average molecular weight is 259 g/mol. The Hall–Kier alpha value is -1.65. The maximum Gasteiger partial charge on any atom is 0.130 e. The van der Waals surface area contributed by atoms with E-state index in [0.717, 1.165) is 16.7 Å². The van der Waals surface area contributed by atoms with Gasteiger partial charge in [-0.1, -0.05) is 6.07 Å². The van der Waals surface area contributed by atoms with Gasteiger partial charge in [0.1, 0.15) is 18.0 Å². The van der Waals surface area contributed by atoms with Crippen LogP contribution in [0.5, 0.6) is 5.75 Å². The smallest absolute Gasteiger partial charge is 0.130 e. The van der Waals surface area contributed by atoms with Gasteiger partial charge in [0, 0.05) is 30.7 Å². The van der Waals surface area contributed by atoms with E-state index in [2.05, 4.69) is 4.98 Å². The Balaban J connectivity index is 1.75. The summed E-state index contributed by atoms with van der Waals surface area (Å²) in [7, 11) is 0. The van der Waals surface area contributed by atoms with Gasteiger partial charge >= 0.3 is 0 Å². The second-order valence-electron chi connectivity index (χ2n) is 4.74. The summed E-state index contributed by atoms with van der Waals surface area (Å²) in [6, 6.07) is 9.77. The van der Waals surface area contributed by atoms with Crippen LogP contribution < -0.4 is 4.74 Å². The van der Waals surface area contributed by atoms with Crippen molar-refractivity contribution in [3.8, 4) is 5.75 Å². The van der Waals surface area contributed by atoms with Crippen molar-refractivity contribution < 1.29 is 14.6 Å². The van der Waals surface area contributed by atoms with Crippen molar-refractivity contribution in [3.05, 3.63) is 36.5 Å². The predicted molar refractivity (Wildman–Crippen MR) is 72.2 cm³/mol. The second-order valence-corrected chi connectivity index (χ2v) is 4.74. The Morgan fingerprint density at radius 2 is 2.26 bits per heavy atom. The molecule has 100 valence electrons. The van der Waals surface area contributed by atoms with Gasteiger partial charge in [-0.25, -0.2) is 0 Å². The van der Waals surface area contributed by atoms with Crippen LogP contribution in [0.4, 0.5) is 0 Å². The Kier molecular flexibility index (Phi) is 3.36. The number of pyridine rings is 1. The third-order valence-corrected chi connectivity index (χ3v) is 3.44. The van der Waals surface area contributed by atoms with Gasteiger partial charge in [-0.3, -0.25) is 4.98 Å². The number of hydrogen-bond donors (Lipinski definition) is 1. The van der Waals surface area contributed by atoms with Gasteiger partial charge in [0.25, 0.3) is 0 Å². The quantitative estimate of drug-likeness (QED) is 0.914. The van der Waals surface area contributed by atoms with Gasteiger partial charge in [0.2, 0.25) is 0 Å². The highest BCUT2D eigenvalue weighted by molar-refractivity contribution is 5.79. The van der Waals surface area contributed by atoms with E-state index in [1.165, 1.54) is 0 Å². The molecule has 3 rings (SSSR count). The lowest BCUT2D eigenvalue weighted by Crippen LogP contribution is -2.55. The van der Waals surface area contributed by atoms with Crippen molar-refractivity contribution in [2.45, 2.75) is 31.7 Å². The molecule has 1 aliphatic carbocycles. The van der Waals surface area contributed by atoms with E-state index < -0.39 is 6.10 Å². The first-order chi connectivity index (χ1) is 9.28. The van der Waals surface area contributed by atoms with Gasteiger partial charge in [-0.2, -0.15) is 0 Å². The minimum absolute atomic E-state index is 0.0730. The summed E-state index contributed by atoms with van der Waals surface area (Å²) in [6.07, 6.45) is 1.68. The molecule has 3 unspecified atom stereocenters. The van der Waals surface area contributed by atoms with E-state index in [4.69, 9.17) is 9.47 Å². The lowest BCUT2D eigenvalue weighted by molar-refractivity contribution is -0.160. The maximum absolute atomic E-state index is 9.64. The fraction of sp³-hybridized carbons (Fsp3) is 0.400. The molecule has 1 N–H and O–H groups in total. The van der Waals surface area contributed by atoms with Gasteiger partial charge < -0.3 is 14.6 Å². The second kappa shape index (κ2) is 5.15. The highest BCUT2D eigenvalue weighted by Gasteiger charge is 2.42. The summed E-state index contributed by atoms with van der Waals surface area (Å²) in [5.41, 5.74) is 0.910. The molecular formula is C15H17NO3. The largest absolute Gasteiger partial charge is 0.487 e. The van der Waals surface area contributed by atoms with Gasteiger partial charge in [-0.05, 0) is 25.1 Å². The van der Waals surface area contributed by atoms with Crippen LogP contribution in [0.3, 0.4) is 0 Å². The summed E-state index contributed by atoms with van der Waals surface area (Å²) in [5.74, 6) is 0.771. The predicted octanol–water partition coefficient (Wildman–Crippen LogP) is 2.15. The molecule has 0 bridgehead atoms. The van der Waals surface area contributed by atoms with Crippen LogP contribution in [0.25, 0.3) is 10.9 Å². The first-order valence-corrected chi connectivity index (χ1v) is 6.59. The summed E-state index contributed by atoms with van der Waals surface area (Å²) >= 11 is 0. The number of aliphatic hydroxyl groups is 1. The van der Waals surface area contributed by atoms with E-state index in [1.807, 2.05) is 37.3 Å². The first kappa shape index (κ1) is 12.4. The number of aromatic nitrogens is 1. The number of rotatable bonds is 4. The van der Waals surface area contributed by atoms with Crippen LogP contribution in [0.1, 0.15) is 13.3 Å². The van der Waals surface area contributed by atoms with Crippen molar-refractivity contribution in [3.63, 3.8) is 0 Å². The highest BCUT2D eigenvalue weighted by atomic mass is 16.6. The summed E-state index contributed by atoms with van der Waals surface area (Å²) < 4.78 is 11.3. The van der Waals surface area contributed by atoms with Gasteiger partial charge in [-0.15, -0.1) is 0 Å². The molecule has 1 aromatic carbocycles. The Morgan fingerprint density at radius 3 is 3.05 bits per heavy atom. The molecule has 0 aliphatic heterocycles. The average Bonchev–Trinajstić information content (AvgIpc) is 2.44. The number of hydrogen-bond acceptors (Lipinski definition) is 4. The molecule has 1 aromatic heterocycles. The van der Waals surface area contributed by atoms with Crippen molar-refractivity contribution in [1.82, 2.24) is 4.98 Å². The van der Waals surface area contributed by atoms with Crippen molar-refractivity contribution >= 4 is 10.9 Å². The SMILES string of the molecule is CCOC1C(O)CC1Oc1ccc2cccnc2c1. The highest BCUT2D eigenvalue weighted by Crippen LogP contribution is 2.30. The minimum Gasteiger partial charge on any atom is -0.487 e. The normalized spacial score (nSPS) is 26.1. The molecule has 0 saturated heterocycles. The summed E-state index contributed by atoms with van der Waals surface area (Å²) in [6.45, 7) is 2.50. The van der Waals surface area contributed by atoms with Crippen LogP contribution in [-0.4, -0.2) is 35.0 Å². The maximum atomic E-state index is 9.64. The molecule has 1 saturated carbocycles. The van der Waals surface area contributed by atoms with Crippen LogP contribution >= 0.6 is 0 Å². The summed E-state index contributed by atoms with van der Waals surface area (Å²) in [5, 5.41) is 10.7. The van der Waals surface area contributed by atoms with E-state index in [1.54, 1.807) is 6.20 Å². The van der Waals surface area contributed by atoms with E-state index >= 15 is 0 Å². The lowest BCUT2D eigenvalue weighted by Gasteiger charge is -2.40. The molecule has 2 aromatic rings. The molecule has 19 heavy (non-hydrogen) atoms.